The number of carbonyl (C=O) groups excluding carboxylic acids is 1. The Kier molecular flexibility index (Phi) is 3.66. The Morgan fingerprint density at radius 1 is 1.25 bits per heavy atom. The van der Waals surface area contributed by atoms with E-state index in [9.17, 15) is 14.7 Å². The van der Waals surface area contributed by atoms with Crippen molar-refractivity contribution >= 4 is 27.9 Å². The Bertz CT molecular complexity index is 588. The molecule has 4 nitrogen and oxygen atoms in total. The molecule has 2 bridgehead atoms. The summed E-state index contributed by atoms with van der Waals surface area (Å²) in [5, 5.41) is 10.2. The van der Waals surface area contributed by atoms with E-state index < -0.39 is 17.5 Å². The minimum Gasteiger partial charge on any atom is -0.481 e. The summed E-state index contributed by atoms with van der Waals surface area (Å²) in [6, 6.07) is 0. The van der Waals surface area contributed by atoms with Crippen molar-refractivity contribution in [2.75, 3.05) is 5.33 Å². The van der Waals surface area contributed by atoms with Gasteiger partial charge in [0.05, 0.1) is 12.3 Å². The van der Waals surface area contributed by atoms with Gasteiger partial charge in [-0.1, -0.05) is 29.8 Å². The van der Waals surface area contributed by atoms with Crippen molar-refractivity contribution in [1.82, 2.24) is 0 Å². The molecule has 5 heteroatoms. The molecule has 0 radical (unpaired) electrons. The Balaban J connectivity index is 1.75. The zero-order valence-electron chi connectivity index (χ0n) is 14.5. The second-order valence-electron chi connectivity index (χ2n) is 9.48. The second-order valence-corrected chi connectivity index (χ2v) is 10.0. The molecule has 6 atom stereocenters. The molecule has 4 rings (SSSR count). The number of alkyl halides is 1. The number of halogens is 1. The molecule has 0 aromatic carbocycles. The van der Waals surface area contributed by atoms with Crippen LogP contribution in [-0.2, 0) is 14.3 Å². The maximum Gasteiger partial charge on any atom is 0.310 e. The standard InChI is InChI=1S/C19H27BrO4/c1-17(2)8-14-13(17)4-6-18(10-20)5-3-12-11(7-15(21)22)16(23)24-19(12,14)9-18/h11-14H,3-10H2,1-2H3,(H,21,22)/t11-,12+,13-,14+,18-,19+/m1/s1. The van der Waals surface area contributed by atoms with Gasteiger partial charge in [0.1, 0.15) is 5.60 Å². The number of esters is 1. The summed E-state index contributed by atoms with van der Waals surface area (Å²) in [5.41, 5.74) is 0.120. The van der Waals surface area contributed by atoms with Crippen molar-refractivity contribution < 1.29 is 19.4 Å². The van der Waals surface area contributed by atoms with Crippen LogP contribution in [0.1, 0.15) is 58.8 Å². The largest absolute Gasteiger partial charge is 0.481 e. The fraction of sp³-hybridized carbons (Fsp3) is 0.895. The predicted octanol–water partition coefficient (Wildman–Crippen LogP) is 4.01. The van der Waals surface area contributed by atoms with Gasteiger partial charge in [0.2, 0.25) is 0 Å². The van der Waals surface area contributed by atoms with Gasteiger partial charge in [-0.15, -0.1) is 0 Å². The van der Waals surface area contributed by atoms with E-state index in [1.165, 1.54) is 12.8 Å². The van der Waals surface area contributed by atoms with Crippen LogP contribution in [0, 0.1) is 34.5 Å². The summed E-state index contributed by atoms with van der Waals surface area (Å²) in [5.74, 6) is -0.478. The highest BCUT2D eigenvalue weighted by Crippen LogP contribution is 2.69. The summed E-state index contributed by atoms with van der Waals surface area (Å²) in [6.07, 6.45) is 6.36. The number of ether oxygens (including phenoxy) is 1. The highest BCUT2D eigenvalue weighted by atomic mass is 79.9. The van der Waals surface area contributed by atoms with Crippen LogP contribution in [0.15, 0.2) is 0 Å². The summed E-state index contributed by atoms with van der Waals surface area (Å²) in [4.78, 5) is 23.9. The maximum atomic E-state index is 12.6. The molecule has 1 saturated heterocycles. The lowest BCUT2D eigenvalue weighted by Crippen LogP contribution is -2.59. The van der Waals surface area contributed by atoms with Crippen molar-refractivity contribution in [3.05, 3.63) is 0 Å². The number of aliphatic carboxylic acids is 1. The van der Waals surface area contributed by atoms with Crippen LogP contribution in [-0.4, -0.2) is 28.0 Å². The van der Waals surface area contributed by atoms with Crippen LogP contribution >= 0.6 is 15.9 Å². The number of carboxylic acid groups (broad SMARTS) is 1. The molecule has 1 spiro atoms. The van der Waals surface area contributed by atoms with Gasteiger partial charge in [-0.25, -0.2) is 0 Å². The average Bonchev–Trinajstić information content (AvgIpc) is 2.71. The second kappa shape index (κ2) is 5.21. The Morgan fingerprint density at radius 3 is 2.50 bits per heavy atom. The van der Waals surface area contributed by atoms with Crippen molar-refractivity contribution in [3.8, 4) is 0 Å². The molecule has 4 fully saturated rings. The molecule has 134 valence electrons. The fourth-order valence-corrected chi connectivity index (χ4v) is 7.45. The Labute approximate surface area is 151 Å². The first-order chi connectivity index (χ1) is 11.2. The van der Waals surface area contributed by atoms with Crippen molar-refractivity contribution in [2.24, 2.45) is 34.5 Å². The van der Waals surface area contributed by atoms with Gasteiger partial charge >= 0.3 is 11.9 Å². The lowest BCUT2D eigenvalue weighted by molar-refractivity contribution is -0.191. The Morgan fingerprint density at radius 2 is 1.92 bits per heavy atom. The molecule has 4 aliphatic rings. The number of carboxylic acids is 1. The number of carbonyl (C=O) groups is 2. The van der Waals surface area contributed by atoms with Crippen LogP contribution in [0.3, 0.4) is 0 Å². The normalized spacial score (nSPS) is 48.5. The van der Waals surface area contributed by atoms with Gasteiger partial charge < -0.3 is 9.84 Å². The predicted molar refractivity (Wildman–Crippen MR) is 92.7 cm³/mol. The molecule has 24 heavy (non-hydrogen) atoms. The quantitative estimate of drug-likeness (QED) is 0.575. The third-order valence-corrected chi connectivity index (χ3v) is 9.06. The number of rotatable bonds is 3. The van der Waals surface area contributed by atoms with E-state index in [-0.39, 0.29) is 23.7 Å². The third-order valence-electron chi connectivity index (χ3n) is 7.87. The fourth-order valence-electron chi connectivity index (χ4n) is 6.69. The third kappa shape index (κ3) is 2.15. The van der Waals surface area contributed by atoms with E-state index in [2.05, 4.69) is 29.8 Å². The maximum absolute atomic E-state index is 12.6. The SMILES string of the molecule is CC1(C)C[C@H]2[C@H]1CC[C@]1(CBr)CC[C@H]3[C@@H](CC(=O)O)C(=O)O[C@]23C1. The van der Waals surface area contributed by atoms with E-state index in [0.29, 0.717) is 17.3 Å². The van der Waals surface area contributed by atoms with E-state index >= 15 is 0 Å². The lowest BCUT2D eigenvalue weighted by atomic mass is 9.47. The molecule has 0 amide bonds. The van der Waals surface area contributed by atoms with Crippen LogP contribution < -0.4 is 0 Å². The van der Waals surface area contributed by atoms with Gasteiger partial charge in [-0.2, -0.15) is 0 Å². The van der Waals surface area contributed by atoms with E-state index in [1.807, 2.05) is 0 Å². The summed E-state index contributed by atoms with van der Waals surface area (Å²) < 4.78 is 6.15. The Hall–Kier alpha value is -0.580. The highest BCUT2D eigenvalue weighted by Gasteiger charge is 2.70. The van der Waals surface area contributed by atoms with Gasteiger partial charge in [0.15, 0.2) is 0 Å². The molecular formula is C19H27BrO4. The van der Waals surface area contributed by atoms with Gasteiger partial charge in [0.25, 0.3) is 0 Å². The molecular weight excluding hydrogens is 372 g/mol. The first-order valence-corrected chi connectivity index (χ1v) is 10.4. The molecule has 1 N–H and O–H groups in total. The number of hydrogen-bond donors (Lipinski definition) is 1. The topological polar surface area (TPSA) is 63.6 Å². The first kappa shape index (κ1) is 16.9. The summed E-state index contributed by atoms with van der Waals surface area (Å²) in [6.45, 7) is 4.67. The summed E-state index contributed by atoms with van der Waals surface area (Å²) >= 11 is 3.74. The zero-order chi connectivity index (χ0) is 17.3. The van der Waals surface area contributed by atoms with Gasteiger partial charge in [-0.3, -0.25) is 9.59 Å². The molecule has 0 aromatic rings. The van der Waals surface area contributed by atoms with Gasteiger partial charge in [0, 0.05) is 17.2 Å². The van der Waals surface area contributed by atoms with Crippen LogP contribution in [0.25, 0.3) is 0 Å². The minimum atomic E-state index is -0.884. The molecule has 1 aliphatic heterocycles. The van der Waals surface area contributed by atoms with Crippen molar-refractivity contribution in [1.29, 1.82) is 0 Å². The molecule has 0 aromatic heterocycles. The van der Waals surface area contributed by atoms with Gasteiger partial charge in [-0.05, 0) is 55.3 Å². The average molecular weight is 399 g/mol. The molecule has 3 aliphatic carbocycles. The van der Waals surface area contributed by atoms with Crippen LogP contribution in [0.5, 0.6) is 0 Å². The van der Waals surface area contributed by atoms with Crippen molar-refractivity contribution in [2.45, 2.75) is 64.4 Å². The van der Waals surface area contributed by atoms with E-state index in [1.54, 1.807) is 0 Å². The smallest absolute Gasteiger partial charge is 0.310 e. The minimum absolute atomic E-state index is 0.0760. The molecule has 3 saturated carbocycles. The number of fused-ring (bicyclic) bond motifs is 2. The van der Waals surface area contributed by atoms with Crippen molar-refractivity contribution in [3.63, 3.8) is 0 Å². The lowest BCUT2D eigenvalue weighted by Gasteiger charge is -2.59. The van der Waals surface area contributed by atoms with E-state index in [4.69, 9.17) is 4.74 Å². The number of hydrogen-bond acceptors (Lipinski definition) is 3. The van der Waals surface area contributed by atoms with Crippen LogP contribution in [0.2, 0.25) is 0 Å². The molecule has 1 heterocycles. The summed E-state index contributed by atoms with van der Waals surface area (Å²) in [7, 11) is 0. The monoisotopic (exact) mass is 398 g/mol. The van der Waals surface area contributed by atoms with Crippen LogP contribution in [0.4, 0.5) is 0 Å². The molecule has 0 unspecified atom stereocenters. The first-order valence-electron chi connectivity index (χ1n) is 9.24. The zero-order valence-corrected chi connectivity index (χ0v) is 16.1. The van der Waals surface area contributed by atoms with E-state index in [0.717, 1.165) is 31.0 Å². The highest BCUT2D eigenvalue weighted by molar-refractivity contribution is 9.09.